The van der Waals surface area contributed by atoms with Gasteiger partial charge >= 0.3 is 11.8 Å². The molecule has 0 atom stereocenters. The van der Waals surface area contributed by atoms with Crippen LogP contribution in [0.15, 0.2) is 56.6 Å². The Kier molecular flexibility index (Phi) is 8.12. The smallest absolute Gasteiger partial charge is 0.417 e. The monoisotopic (exact) mass is 558 g/mol. The average molecular weight is 559 g/mol. The molecular weight excluding hydrogens is 528 g/mol. The van der Waals surface area contributed by atoms with Gasteiger partial charge in [-0.3, -0.25) is 14.7 Å². The molecule has 1 N–H and O–H groups in total. The summed E-state index contributed by atoms with van der Waals surface area (Å²) in [6.45, 7) is 3.97. The van der Waals surface area contributed by atoms with Crippen molar-refractivity contribution in [2.45, 2.75) is 17.9 Å². The summed E-state index contributed by atoms with van der Waals surface area (Å²) < 4.78 is 42.9. The molecule has 3 aromatic rings. The highest BCUT2D eigenvalue weighted by Gasteiger charge is 2.27. The minimum Gasteiger partial charge on any atom is -0.445 e. The normalized spacial score (nSPS) is 17.4. The van der Waals surface area contributed by atoms with Crippen molar-refractivity contribution < 1.29 is 31.9 Å². The molecule has 0 spiro atoms. The molecular formula is C26H30N4O8S. The quantitative estimate of drug-likeness (QED) is 0.409. The van der Waals surface area contributed by atoms with Crippen molar-refractivity contribution in [3.63, 3.8) is 0 Å². The van der Waals surface area contributed by atoms with Gasteiger partial charge in [-0.15, -0.1) is 0 Å². The zero-order valence-corrected chi connectivity index (χ0v) is 22.2. The van der Waals surface area contributed by atoms with E-state index in [1.54, 1.807) is 35.2 Å². The lowest BCUT2D eigenvalue weighted by Crippen LogP contribution is -2.49. The Morgan fingerprint density at radius 1 is 0.974 bits per heavy atom. The van der Waals surface area contributed by atoms with Crippen molar-refractivity contribution in [3.05, 3.63) is 64.1 Å². The summed E-state index contributed by atoms with van der Waals surface area (Å²) in [6, 6.07) is 11.3. The predicted octanol–water partition coefficient (Wildman–Crippen LogP) is 1.67. The Labute approximate surface area is 225 Å². The molecule has 3 heterocycles. The summed E-state index contributed by atoms with van der Waals surface area (Å²) in [5, 5.41) is 0. The molecule has 2 aliphatic rings. The van der Waals surface area contributed by atoms with E-state index in [4.69, 9.17) is 13.9 Å². The van der Waals surface area contributed by atoms with Crippen LogP contribution in [0.5, 0.6) is 0 Å². The molecule has 0 bridgehead atoms. The van der Waals surface area contributed by atoms with Crippen LogP contribution in [0.4, 0.5) is 4.79 Å². The number of piperazine rings is 1. The maximum Gasteiger partial charge on any atom is 0.417 e. The van der Waals surface area contributed by atoms with E-state index in [9.17, 15) is 22.8 Å². The van der Waals surface area contributed by atoms with Crippen LogP contribution in [0.3, 0.4) is 0 Å². The second-order valence-electron chi connectivity index (χ2n) is 9.45. The van der Waals surface area contributed by atoms with Crippen molar-refractivity contribution in [1.82, 2.24) is 19.1 Å². The number of hydrogen-bond acceptors (Lipinski definition) is 9. The number of Topliss-reactive ketones (excluding diaryl/α,β-unsaturated/α-hetero) is 1. The molecule has 12 nitrogen and oxygen atoms in total. The number of carbonyl (C=O) groups is 2. The highest BCUT2D eigenvalue weighted by Crippen LogP contribution is 2.19. The molecule has 1 aromatic heterocycles. The molecule has 2 aliphatic heterocycles. The second-order valence-corrected chi connectivity index (χ2v) is 11.4. The van der Waals surface area contributed by atoms with Gasteiger partial charge in [0.05, 0.1) is 23.6 Å². The maximum atomic E-state index is 12.9. The maximum absolute atomic E-state index is 12.9. The van der Waals surface area contributed by atoms with Gasteiger partial charge in [-0.2, -0.15) is 4.31 Å². The van der Waals surface area contributed by atoms with Crippen LogP contribution >= 0.6 is 0 Å². The molecule has 39 heavy (non-hydrogen) atoms. The Morgan fingerprint density at radius 3 is 2.51 bits per heavy atom. The number of nitrogens with one attached hydrogen (secondary N) is 1. The standard InChI is InChI=1S/C26H30N4O8S/c31-23(20-4-5-22-24(17-20)38-25(32)27-22)6-7-28-8-10-29(11-9-28)26(33)37-18-19-2-1-3-21(16-19)39(34,35)30-12-14-36-15-13-30/h1-5,16-17H,6-15,18H2,(H,27,32). The Bertz CT molecular complexity index is 1500. The fraction of sp³-hybridized carbons (Fsp3) is 0.423. The van der Waals surface area contributed by atoms with Crippen molar-refractivity contribution >= 4 is 33.0 Å². The summed E-state index contributed by atoms with van der Waals surface area (Å²) in [7, 11) is -3.63. The van der Waals surface area contributed by atoms with Crippen LogP contribution in [0.1, 0.15) is 22.3 Å². The number of amides is 1. The van der Waals surface area contributed by atoms with Gasteiger partial charge in [-0.05, 0) is 35.9 Å². The topological polar surface area (TPSA) is 142 Å². The first kappa shape index (κ1) is 27.1. The molecule has 2 aromatic carbocycles. The number of hydrogen-bond donors (Lipinski definition) is 1. The lowest BCUT2D eigenvalue weighted by atomic mass is 10.1. The van der Waals surface area contributed by atoms with E-state index >= 15 is 0 Å². The first-order valence-electron chi connectivity index (χ1n) is 12.8. The van der Waals surface area contributed by atoms with Crippen LogP contribution in [0, 0.1) is 0 Å². The number of morpholine rings is 1. The molecule has 5 rings (SSSR count). The Balaban J connectivity index is 1.07. The number of ketones is 1. The molecule has 2 saturated heterocycles. The molecule has 0 saturated carbocycles. The summed E-state index contributed by atoms with van der Waals surface area (Å²) in [6.07, 6.45) is -0.164. The molecule has 208 valence electrons. The zero-order chi connectivity index (χ0) is 27.4. The van der Waals surface area contributed by atoms with Crippen molar-refractivity contribution in [3.8, 4) is 0 Å². The first-order valence-corrected chi connectivity index (χ1v) is 14.2. The van der Waals surface area contributed by atoms with E-state index in [1.165, 1.54) is 16.4 Å². The highest BCUT2D eigenvalue weighted by molar-refractivity contribution is 7.89. The minimum atomic E-state index is -3.63. The summed E-state index contributed by atoms with van der Waals surface area (Å²) in [5.41, 5.74) is 1.97. The minimum absolute atomic E-state index is 0.0361. The summed E-state index contributed by atoms with van der Waals surface area (Å²) >= 11 is 0. The van der Waals surface area contributed by atoms with Crippen molar-refractivity contribution in [2.24, 2.45) is 0 Å². The largest absolute Gasteiger partial charge is 0.445 e. The highest BCUT2D eigenvalue weighted by atomic mass is 32.2. The van der Waals surface area contributed by atoms with Gasteiger partial charge < -0.3 is 18.8 Å². The van der Waals surface area contributed by atoms with Gasteiger partial charge in [0.1, 0.15) is 6.61 Å². The molecule has 1 amide bonds. The SMILES string of the molecule is O=C(CCN1CCN(C(=O)OCc2cccc(S(=O)(=O)N3CCOCC3)c2)CC1)c1ccc2[nH]c(=O)oc2c1. The number of sulfonamides is 1. The third-order valence-corrected chi connectivity index (χ3v) is 8.79. The summed E-state index contributed by atoms with van der Waals surface area (Å²) in [4.78, 5) is 43.0. The molecule has 0 unspecified atom stereocenters. The lowest BCUT2D eigenvalue weighted by molar-refractivity contribution is 0.0696. The van der Waals surface area contributed by atoms with Crippen LogP contribution in [0.25, 0.3) is 11.1 Å². The van der Waals surface area contributed by atoms with Gasteiger partial charge in [0, 0.05) is 57.8 Å². The number of aromatic amines is 1. The number of nitrogens with zero attached hydrogens (tertiary/aromatic N) is 3. The fourth-order valence-electron chi connectivity index (χ4n) is 4.64. The molecule has 13 heteroatoms. The number of benzene rings is 2. The van der Waals surface area contributed by atoms with Crippen LogP contribution in [-0.4, -0.2) is 98.4 Å². The lowest BCUT2D eigenvalue weighted by Gasteiger charge is -2.33. The number of carbonyl (C=O) groups excluding carboxylic acids is 2. The van der Waals surface area contributed by atoms with Gasteiger partial charge in [-0.25, -0.2) is 18.0 Å². The number of rotatable bonds is 8. The van der Waals surface area contributed by atoms with Crippen LogP contribution < -0.4 is 5.76 Å². The number of aromatic nitrogens is 1. The van der Waals surface area contributed by atoms with Crippen LogP contribution in [-0.2, 0) is 26.1 Å². The van der Waals surface area contributed by atoms with Gasteiger partial charge in [-0.1, -0.05) is 12.1 Å². The van der Waals surface area contributed by atoms with E-state index in [2.05, 4.69) is 9.88 Å². The molecule has 0 aliphatic carbocycles. The van der Waals surface area contributed by atoms with E-state index in [0.29, 0.717) is 87.7 Å². The zero-order valence-electron chi connectivity index (χ0n) is 21.3. The second kappa shape index (κ2) is 11.7. The number of oxazole rings is 1. The van der Waals surface area contributed by atoms with E-state index < -0.39 is 21.9 Å². The number of fused-ring (bicyclic) bond motifs is 1. The van der Waals surface area contributed by atoms with Gasteiger partial charge in [0.25, 0.3) is 0 Å². The Morgan fingerprint density at radius 2 is 1.74 bits per heavy atom. The van der Waals surface area contributed by atoms with Crippen molar-refractivity contribution in [2.75, 3.05) is 59.0 Å². The average Bonchev–Trinajstić information content (AvgIpc) is 3.34. The van der Waals surface area contributed by atoms with Crippen molar-refractivity contribution in [1.29, 1.82) is 0 Å². The molecule has 2 fully saturated rings. The first-order chi connectivity index (χ1) is 18.8. The Hall–Kier alpha value is -3.52. The van der Waals surface area contributed by atoms with Crippen LogP contribution in [0.2, 0.25) is 0 Å². The van der Waals surface area contributed by atoms with Gasteiger partial charge in [0.2, 0.25) is 10.0 Å². The van der Waals surface area contributed by atoms with E-state index in [-0.39, 0.29) is 17.3 Å². The summed E-state index contributed by atoms with van der Waals surface area (Å²) in [5.74, 6) is -0.614. The number of H-pyrrole nitrogens is 1. The number of ether oxygens (including phenoxy) is 2. The third kappa shape index (κ3) is 6.38. The molecule has 0 radical (unpaired) electrons. The van der Waals surface area contributed by atoms with E-state index in [0.717, 1.165) is 0 Å². The van der Waals surface area contributed by atoms with E-state index in [1.807, 2.05) is 0 Å². The predicted molar refractivity (Wildman–Crippen MR) is 140 cm³/mol. The van der Waals surface area contributed by atoms with Gasteiger partial charge in [0.15, 0.2) is 11.4 Å². The third-order valence-electron chi connectivity index (χ3n) is 6.90. The fourth-order valence-corrected chi connectivity index (χ4v) is 6.12.